The number of carbonyl (C=O) groups excluding carboxylic acids is 1. The van der Waals surface area contributed by atoms with E-state index in [4.69, 9.17) is 0 Å². The maximum Gasteiger partial charge on any atom is 0.273 e. The van der Waals surface area contributed by atoms with E-state index in [-0.39, 0.29) is 15.2 Å². The average molecular weight is 432 g/mol. The van der Waals surface area contributed by atoms with E-state index in [0.717, 1.165) is 53.9 Å². The molecule has 152 valence electrons. The molecular formula is C19H21N5O3S2. The van der Waals surface area contributed by atoms with Crippen LogP contribution in [0.25, 0.3) is 10.9 Å². The van der Waals surface area contributed by atoms with Crippen LogP contribution in [0, 0.1) is 0 Å². The first kappa shape index (κ1) is 19.6. The number of anilines is 3. The highest BCUT2D eigenvalue weighted by atomic mass is 32.2. The van der Waals surface area contributed by atoms with Crippen molar-refractivity contribution in [3.63, 3.8) is 0 Å². The number of piperidine rings is 1. The zero-order valence-corrected chi connectivity index (χ0v) is 17.5. The van der Waals surface area contributed by atoms with Gasteiger partial charge < -0.3 is 10.2 Å². The number of nitrogens with one attached hydrogen (secondary N) is 2. The lowest BCUT2D eigenvalue weighted by Gasteiger charge is -2.29. The molecule has 4 rings (SSSR count). The predicted molar refractivity (Wildman–Crippen MR) is 115 cm³/mol. The van der Waals surface area contributed by atoms with Gasteiger partial charge in [-0.1, -0.05) is 11.3 Å². The summed E-state index contributed by atoms with van der Waals surface area (Å²) in [7, 11) is -3.84. The van der Waals surface area contributed by atoms with Crippen LogP contribution in [0.4, 0.5) is 16.5 Å². The van der Waals surface area contributed by atoms with Gasteiger partial charge in [-0.05, 0) is 43.5 Å². The van der Waals surface area contributed by atoms with Gasteiger partial charge in [0.2, 0.25) is 5.91 Å². The van der Waals surface area contributed by atoms with Gasteiger partial charge in [0.1, 0.15) is 0 Å². The molecule has 1 aliphatic rings. The monoisotopic (exact) mass is 431 g/mol. The minimum Gasteiger partial charge on any atom is -0.370 e. The van der Waals surface area contributed by atoms with Gasteiger partial charge in [-0.3, -0.25) is 14.5 Å². The molecule has 0 radical (unpaired) electrons. The fourth-order valence-corrected chi connectivity index (χ4v) is 5.58. The van der Waals surface area contributed by atoms with Gasteiger partial charge >= 0.3 is 0 Å². The second-order valence-corrected chi connectivity index (χ2v) is 9.79. The van der Waals surface area contributed by atoms with Crippen molar-refractivity contribution in [2.75, 3.05) is 28.0 Å². The number of aromatic nitrogens is 2. The Morgan fingerprint density at radius 3 is 2.69 bits per heavy atom. The normalized spacial score (nSPS) is 14.7. The first-order valence-corrected chi connectivity index (χ1v) is 11.6. The number of amides is 1. The van der Waals surface area contributed by atoms with Crippen LogP contribution in [0.5, 0.6) is 0 Å². The number of benzene rings is 1. The number of hydrogen-bond acceptors (Lipinski definition) is 7. The number of pyridine rings is 1. The van der Waals surface area contributed by atoms with Crippen LogP contribution in [0.2, 0.25) is 0 Å². The van der Waals surface area contributed by atoms with E-state index in [9.17, 15) is 13.2 Å². The summed E-state index contributed by atoms with van der Waals surface area (Å²) in [6.45, 7) is 3.30. The summed E-state index contributed by atoms with van der Waals surface area (Å²) in [5.41, 5.74) is 2.26. The quantitative estimate of drug-likeness (QED) is 0.641. The molecule has 10 heteroatoms. The standard InChI is InChI=1S/C19H21N5O3S2/c1-13(25)22-19-21-12-17(28-19)29(26,27)23-15-7-8-16(24-10-3-2-4-11-24)18-14(15)6-5-9-20-18/h5-9,12,23H,2-4,10-11H2,1H3,(H,21,22,25). The van der Waals surface area contributed by atoms with Crippen LogP contribution >= 0.6 is 11.3 Å². The van der Waals surface area contributed by atoms with Crippen LogP contribution in [0.3, 0.4) is 0 Å². The summed E-state index contributed by atoms with van der Waals surface area (Å²) in [5, 5.41) is 3.48. The molecule has 0 spiro atoms. The van der Waals surface area contributed by atoms with Gasteiger partial charge in [0.15, 0.2) is 9.34 Å². The number of carbonyl (C=O) groups is 1. The minimum atomic E-state index is -3.84. The zero-order valence-electron chi connectivity index (χ0n) is 15.9. The highest BCUT2D eigenvalue weighted by molar-refractivity contribution is 7.94. The van der Waals surface area contributed by atoms with Crippen LogP contribution in [-0.2, 0) is 14.8 Å². The van der Waals surface area contributed by atoms with Crippen molar-refractivity contribution in [1.29, 1.82) is 0 Å². The summed E-state index contributed by atoms with van der Waals surface area (Å²) in [6.07, 6.45) is 6.47. The maximum atomic E-state index is 12.8. The Labute approximate surface area is 173 Å². The molecule has 1 aliphatic heterocycles. The molecule has 1 amide bonds. The summed E-state index contributed by atoms with van der Waals surface area (Å²) < 4.78 is 28.4. The summed E-state index contributed by atoms with van der Waals surface area (Å²) >= 11 is 0.901. The van der Waals surface area contributed by atoms with E-state index in [1.54, 1.807) is 18.3 Å². The van der Waals surface area contributed by atoms with Crippen molar-refractivity contribution in [2.24, 2.45) is 0 Å². The fraction of sp³-hybridized carbons (Fsp3) is 0.316. The molecule has 29 heavy (non-hydrogen) atoms. The number of fused-ring (bicyclic) bond motifs is 1. The van der Waals surface area contributed by atoms with Crippen molar-refractivity contribution in [1.82, 2.24) is 9.97 Å². The van der Waals surface area contributed by atoms with Gasteiger partial charge in [0.05, 0.1) is 23.1 Å². The number of thiazole rings is 1. The first-order valence-electron chi connectivity index (χ1n) is 9.33. The smallest absolute Gasteiger partial charge is 0.273 e. The SMILES string of the molecule is CC(=O)Nc1ncc(S(=O)(=O)Nc2ccc(N3CCCCC3)c3ncccc23)s1. The maximum absolute atomic E-state index is 12.8. The summed E-state index contributed by atoms with van der Waals surface area (Å²) in [4.78, 5) is 21.9. The Morgan fingerprint density at radius 1 is 1.14 bits per heavy atom. The molecule has 2 aromatic heterocycles. The molecule has 0 bridgehead atoms. The number of hydrogen-bond donors (Lipinski definition) is 2. The molecule has 0 atom stereocenters. The van der Waals surface area contributed by atoms with Gasteiger partial charge in [0, 0.05) is 31.6 Å². The van der Waals surface area contributed by atoms with Gasteiger partial charge in [0.25, 0.3) is 10.0 Å². The average Bonchev–Trinajstić information content (AvgIpc) is 3.17. The summed E-state index contributed by atoms with van der Waals surface area (Å²) in [5.74, 6) is -0.304. The molecule has 1 aromatic carbocycles. The van der Waals surface area contributed by atoms with E-state index in [2.05, 4.69) is 24.9 Å². The number of rotatable bonds is 5. The molecule has 0 unspecified atom stereocenters. The molecule has 1 saturated heterocycles. The molecule has 3 aromatic rings. The van der Waals surface area contributed by atoms with E-state index in [0.29, 0.717) is 5.69 Å². The topological polar surface area (TPSA) is 104 Å². The molecule has 1 fully saturated rings. The van der Waals surface area contributed by atoms with Gasteiger partial charge in [-0.15, -0.1) is 0 Å². The molecule has 2 N–H and O–H groups in total. The Balaban J connectivity index is 1.67. The molecule has 8 nitrogen and oxygen atoms in total. The minimum absolute atomic E-state index is 0.0263. The lowest BCUT2D eigenvalue weighted by Crippen LogP contribution is -2.29. The molecular weight excluding hydrogens is 410 g/mol. The molecule has 0 saturated carbocycles. The Hall–Kier alpha value is -2.72. The number of sulfonamides is 1. The van der Waals surface area contributed by atoms with Crippen LogP contribution in [-0.4, -0.2) is 37.4 Å². The largest absolute Gasteiger partial charge is 0.370 e. The fourth-order valence-electron chi connectivity index (χ4n) is 3.42. The third-order valence-electron chi connectivity index (χ3n) is 4.72. The Bertz CT molecular complexity index is 1150. The van der Waals surface area contributed by atoms with Crippen LogP contribution in [0.1, 0.15) is 26.2 Å². The second-order valence-electron chi connectivity index (χ2n) is 6.85. The zero-order chi connectivity index (χ0) is 20.4. The third kappa shape index (κ3) is 4.18. The van der Waals surface area contributed by atoms with Gasteiger partial charge in [-0.25, -0.2) is 13.4 Å². The second kappa shape index (κ2) is 7.96. The third-order valence-corrected chi connectivity index (χ3v) is 7.46. The highest BCUT2D eigenvalue weighted by Gasteiger charge is 2.21. The van der Waals surface area contributed by atoms with Crippen molar-refractivity contribution < 1.29 is 13.2 Å². The first-order chi connectivity index (χ1) is 13.9. The van der Waals surface area contributed by atoms with Crippen LogP contribution < -0.4 is 14.9 Å². The predicted octanol–water partition coefficient (Wildman–Crippen LogP) is 3.44. The number of nitrogens with zero attached hydrogens (tertiary/aromatic N) is 3. The van der Waals surface area contributed by atoms with Crippen molar-refractivity contribution in [2.45, 2.75) is 30.4 Å². The lowest BCUT2D eigenvalue weighted by atomic mass is 10.1. The van der Waals surface area contributed by atoms with Crippen molar-refractivity contribution in [3.05, 3.63) is 36.7 Å². The van der Waals surface area contributed by atoms with E-state index in [1.807, 2.05) is 12.1 Å². The summed E-state index contributed by atoms with van der Waals surface area (Å²) in [6, 6.07) is 7.36. The molecule has 0 aliphatic carbocycles. The van der Waals surface area contributed by atoms with Crippen LogP contribution in [0.15, 0.2) is 40.9 Å². The lowest BCUT2D eigenvalue weighted by molar-refractivity contribution is -0.114. The van der Waals surface area contributed by atoms with E-state index in [1.165, 1.54) is 19.5 Å². The van der Waals surface area contributed by atoms with E-state index < -0.39 is 10.0 Å². The van der Waals surface area contributed by atoms with Crippen molar-refractivity contribution >= 4 is 54.7 Å². The molecule has 3 heterocycles. The van der Waals surface area contributed by atoms with Crippen molar-refractivity contribution in [3.8, 4) is 0 Å². The van der Waals surface area contributed by atoms with Gasteiger partial charge in [-0.2, -0.15) is 0 Å². The Morgan fingerprint density at radius 2 is 1.93 bits per heavy atom. The Kier molecular flexibility index (Phi) is 5.37. The van der Waals surface area contributed by atoms with E-state index >= 15 is 0 Å². The highest BCUT2D eigenvalue weighted by Crippen LogP contribution is 2.34.